The normalized spacial score (nSPS) is 11.7. The number of hydrogen-bond acceptors (Lipinski definition) is 3. The maximum atomic E-state index is 11.8. The maximum Gasteiger partial charge on any atom is 0.337 e. The molecule has 4 N–H and O–H groups in total. The van der Waals surface area contributed by atoms with Crippen molar-refractivity contribution in [2.45, 2.75) is 13.0 Å². The van der Waals surface area contributed by atoms with Crippen molar-refractivity contribution < 1.29 is 14.7 Å². The Morgan fingerprint density at radius 2 is 2.10 bits per heavy atom. The van der Waals surface area contributed by atoms with Gasteiger partial charge in [-0.15, -0.1) is 0 Å². The lowest BCUT2D eigenvalue weighted by atomic mass is 10.2. The molecule has 7 nitrogen and oxygen atoms in total. The van der Waals surface area contributed by atoms with Gasteiger partial charge in [0, 0.05) is 12.4 Å². The second-order valence-electron chi connectivity index (χ2n) is 4.15. The lowest BCUT2D eigenvalue weighted by Gasteiger charge is -2.13. The van der Waals surface area contributed by atoms with Crippen LogP contribution in [0.25, 0.3) is 0 Å². The number of H-pyrrole nitrogens is 1. The number of anilines is 1. The Morgan fingerprint density at radius 3 is 2.75 bits per heavy atom. The number of carboxylic acid groups (broad SMARTS) is 1. The molecule has 0 bridgehead atoms. The molecule has 0 saturated carbocycles. The van der Waals surface area contributed by atoms with Crippen molar-refractivity contribution in [1.29, 1.82) is 0 Å². The molecule has 1 aromatic heterocycles. The van der Waals surface area contributed by atoms with Gasteiger partial charge in [-0.3, -0.25) is 0 Å². The zero-order chi connectivity index (χ0) is 14.5. The van der Waals surface area contributed by atoms with Gasteiger partial charge in [-0.25, -0.2) is 14.6 Å². The number of para-hydroxylation sites is 1. The first-order chi connectivity index (χ1) is 9.58. The molecule has 104 valence electrons. The number of carboxylic acids is 1. The topological polar surface area (TPSA) is 107 Å². The molecule has 0 aliphatic heterocycles. The van der Waals surface area contributed by atoms with Gasteiger partial charge in [0.25, 0.3) is 0 Å². The summed E-state index contributed by atoms with van der Waals surface area (Å²) in [5, 5.41) is 14.2. The molecule has 0 saturated heterocycles. The van der Waals surface area contributed by atoms with Crippen molar-refractivity contribution in [2.75, 3.05) is 5.32 Å². The lowest BCUT2D eigenvalue weighted by molar-refractivity contribution is 0.0698. The number of amides is 2. The van der Waals surface area contributed by atoms with Crippen LogP contribution in [0.1, 0.15) is 29.1 Å². The van der Waals surface area contributed by atoms with Gasteiger partial charge in [0.1, 0.15) is 5.82 Å². The number of nitrogens with one attached hydrogen (secondary N) is 3. The number of hydrogen-bond donors (Lipinski definition) is 4. The van der Waals surface area contributed by atoms with Crippen LogP contribution >= 0.6 is 0 Å². The van der Waals surface area contributed by atoms with E-state index in [0.29, 0.717) is 5.82 Å². The van der Waals surface area contributed by atoms with Crippen LogP contribution in [0, 0.1) is 0 Å². The molecular weight excluding hydrogens is 260 g/mol. The Bertz CT molecular complexity index is 610. The van der Waals surface area contributed by atoms with Gasteiger partial charge in [0.15, 0.2) is 0 Å². The van der Waals surface area contributed by atoms with Crippen molar-refractivity contribution in [1.82, 2.24) is 15.3 Å². The average molecular weight is 274 g/mol. The largest absolute Gasteiger partial charge is 0.478 e. The van der Waals surface area contributed by atoms with Crippen molar-refractivity contribution in [3.05, 3.63) is 48.0 Å². The number of benzene rings is 1. The molecule has 0 aliphatic carbocycles. The number of carbonyl (C=O) groups excluding carboxylic acids is 1. The third-order valence-corrected chi connectivity index (χ3v) is 2.68. The molecule has 2 aromatic rings. The maximum absolute atomic E-state index is 11.8. The number of nitrogens with zero attached hydrogens (tertiary/aromatic N) is 1. The zero-order valence-electron chi connectivity index (χ0n) is 10.8. The average Bonchev–Trinajstić information content (AvgIpc) is 2.92. The summed E-state index contributed by atoms with van der Waals surface area (Å²) in [5.74, 6) is -0.480. The van der Waals surface area contributed by atoms with Crippen molar-refractivity contribution >= 4 is 17.7 Å². The third-order valence-electron chi connectivity index (χ3n) is 2.68. The van der Waals surface area contributed by atoms with E-state index in [1.54, 1.807) is 31.5 Å². The van der Waals surface area contributed by atoms with E-state index in [2.05, 4.69) is 20.6 Å². The number of aromatic amines is 1. The number of imidazole rings is 1. The molecule has 1 unspecified atom stereocenters. The van der Waals surface area contributed by atoms with E-state index in [1.807, 2.05) is 0 Å². The van der Waals surface area contributed by atoms with E-state index >= 15 is 0 Å². The first-order valence-electron chi connectivity index (χ1n) is 5.97. The van der Waals surface area contributed by atoms with Gasteiger partial charge in [-0.1, -0.05) is 12.1 Å². The van der Waals surface area contributed by atoms with Crippen molar-refractivity contribution in [3.8, 4) is 0 Å². The molecule has 0 radical (unpaired) electrons. The summed E-state index contributed by atoms with van der Waals surface area (Å²) in [7, 11) is 0. The number of aromatic carboxylic acids is 1. The summed E-state index contributed by atoms with van der Waals surface area (Å²) in [6.07, 6.45) is 3.25. The summed E-state index contributed by atoms with van der Waals surface area (Å²) in [6.45, 7) is 1.77. The van der Waals surface area contributed by atoms with Gasteiger partial charge < -0.3 is 20.7 Å². The monoisotopic (exact) mass is 274 g/mol. The standard InChI is InChI=1S/C13H14N4O3/c1-8(11-14-6-7-15-11)16-13(20)17-10-5-3-2-4-9(10)12(18)19/h2-8H,1H3,(H,14,15)(H,18,19)(H2,16,17,20). The van der Waals surface area contributed by atoms with Gasteiger partial charge in [0.05, 0.1) is 17.3 Å². The highest BCUT2D eigenvalue weighted by Gasteiger charge is 2.14. The number of aromatic nitrogens is 2. The summed E-state index contributed by atoms with van der Waals surface area (Å²) >= 11 is 0. The second kappa shape index (κ2) is 5.87. The van der Waals surface area contributed by atoms with Gasteiger partial charge in [-0.05, 0) is 19.1 Å². The van der Waals surface area contributed by atoms with Gasteiger partial charge >= 0.3 is 12.0 Å². The molecule has 0 spiro atoms. The predicted octanol–water partition coefficient (Wildman–Crippen LogP) is 1.99. The first-order valence-corrected chi connectivity index (χ1v) is 5.97. The summed E-state index contributed by atoms with van der Waals surface area (Å²) in [5.41, 5.74) is 0.275. The van der Waals surface area contributed by atoms with E-state index in [1.165, 1.54) is 12.1 Å². The van der Waals surface area contributed by atoms with Crippen LogP contribution in [0.5, 0.6) is 0 Å². The molecule has 1 heterocycles. The number of carbonyl (C=O) groups is 2. The van der Waals surface area contributed by atoms with Crippen LogP contribution < -0.4 is 10.6 Å². The first kappa shape index (κ1) is 13.6. The van der Waals surface area contributed by atoms with E-state index in [9.17, 15) is 9.59 Å². The van der Waals surface area contributed by atoms with Gasteiger partial charge in [0.2, 0.25) is 0 Å². The third kappa shape index (κ3) is 3.14. The zero-order valence-corrected chi connectivity index (χ0v) is 10.8. The summed E-state index contributed by atoms with van der Waals surface area (Å²) < 4.78 is 0. The highest BCUT2D eigenvalue weighted by atomic mass is 16.4. The van der Waals surface area contributed by atoms with E-state index < -0.39 is 12.0 Å². The Kier molecular flexibility index (Phi) is 3.99. The van der Waals surface area contributed by atoms with E-state index in [0.717, 1.165) is 0 Å². The van der Waals surface area contributed by atoms with Crippen LogP contribution in [-0.4, -0.2) is 27.1 Å². The minimum atomic E-state index is -1.10. The Labute approximate surface area is 115 Å². The SMILES string of the molecule is CC(NC(=O)Nc1ccccc1C(=O)O)c1ncc[nH]1. The highest BCUT2D eigenvalue weighted by molar-refractivity contribution is 5.99. The van der Waals surface area contributed by atoms with Crippen LogP contribution in [-0.2, 0) is 0 Å². The minimum absolute atomic E-state index is 0.0355. The molecule has 2 rings (SSSR count). The molecule has 2 amide bonds. The Morgan fingerprint density at radius 1 is 1.35 bits per heavy atom. The fraction of sp³-hybridized carbons (Fsp3) is 0.154. The van der Waals surface area contributed by atoms with Crippen molar-refractivity contribution in [2.24, 2.45) is 0 Å². The molecule has 20 heavy (non-hydrogen) atoms. The van der Waals surface area contributed by atoms with Crippen molar-refractivity contribution in [3.63, 3.8) is 0 Å². The fourth-order valence-electron chi connectivity index (χ4n) is 1.72. The fourth-order valence-corrected chi connectivity index (χ4v) is 1.72. The number of urea groups is 1. The molecular formula is C13H14N4O3. The predicted molar refractivity (Wildman–Crippen MR) is 72.6 cm³/mol. The molecule has 0 aliphatic rings. The number of rotatable bonds is 4. The van der Waals surface area contributed by atoms with Crippen LogP contribution in [0.3, 0.4) is 0 Å². The quantitative estimate of drug-likeness (QED) is 0.683. The van der Waals surface area contributed by atoms with Crippen LogP contribution in [0.4, 0.5) is 10.5 Å². The summed E-state index contributed by atoms with van der Waals surface area (Å²) in [6, 6.07) is 5.38. The minimum Gasteiger partial charge on any atom is -0.478 e. The van der Waals surface area contributed by atoms with Gasteiger partial charge in [-0.2, -0.15) is 0 Å². The molecule has 1 atom stereocenters. The molecule has 0 fully saturated rings. The lowest BCUT2D eigenvalue weighted by Crippen LogP contribution is -2.32. The van der Waals surface area contributed by atoms with Crippen LogP contribution in [0.2, 0.25) is 0 Å². The van der Waals surface area contributed by atoms with E-state index in [4.69, 9.17) is 5.11 Å². The van der Waals surface area contributed by atoms with E-state index in [-0.39, 0.29) is 17.3 Å². The highest BCUT2D eigenvalue weighted by Crippen LogP contribution is 2.15. The Hall–Kier alpha value is -2.83. The van der Waals surface area contributed by atoms with Crippen LogP contribution in [0.15, 0.2) is 36.7 Å². The summed E-state index contributed by atoms with van der Waals surface area (Å²) in [4.78, 5) is 29.8. The molecule has 7 heteroatoms. The Balaban J connectivity index is 2.03. The smallest absolute Gasteiger partial charge is 0.337 e. The molecule has 1 aromatic carbocycles. The second-order valence-corrected chi connectivity index (χ2v) is 4.15.